The largest absolute Gasteiger partial charge is 0.339 e. The fourth-order valence-corrected chi connectivity index (χ4v) is 1.66. The van der Waals surface area contributed by atoms with Crippen molar-refractivity contribution in [1.82, 2.24) is 15.1 Å². The zero-order valence-electron chi connectivity index (χ0n) is 9.09. The standard InChI is InChI=1S/C11H9BrN4O/c1-7(4-13)2-10-15-11(16-17-10)8-3-9(12)6-14-5-8/h3,5-7H,2H2,1H3. The molecule has 0 aliphatic carbocycles. The maximum absolute atomic E-state index is 8.70. The molecule has 0 aromatic carbocycles. The number of hydrogen-bond acceptors (Lipinski definition) is 5. The number of hydrogen-bond donors (Lipinski definition) is 0. The second kappa shape index (κ2) is 5.06. The molecule has 2 rings (SSSR count). The summed E-state index contributed by atoms with van der Waals surface area (Å²) >= 11 is 3.33. The summed E-state index contributed by atoms with van der Waals surface area (Å²) < 4.78 is 5.93. The highest BCUT2D eigenvalue weighted by Crippen LogP contribution is 2.19. The summed E-state index contributed by atoms with van der Waals surface area (Å²) in [5.74, 6) is 0.817. The molecule has 0 radical (unpaired) electrons. The van der Waals surface area contributed by atoms with E-state index < -0.39 is 0 Å². The smallest absolute Gasteiger partial charge is 0.228 e. The zero-order chi connectivity index (χ0) is 12.3. The first-order valence-corrected chi connectivity index (χ1v) is 5.81. The van der Waals surface area contributed by atoms with Crippen LogP contribution in [0.5, 0.6) is 0 Å². The summed E-state index contributed by atoms with van der Waals surface area (Å²) in [5.41, 5.74) is 0.777. The van der Waals surface area contributed by atoms with Crippen molar-refractivity contribution in [3.63, 3.8) is 0 Å². The van der Waals surface area contributed by atoms with E-state index in [0.29, 0.717) is 18.1 Å². The normalized spacial score (nSPS) is 12.1. The molecule has 0 bridgehead atoms. The molecular weight excluding hydrogens is 284 g/mol. The van der Waals surface area contributed by atoms with Gasteiger partial charge < -0.3 is 4.52 Å². The first-order valence-electron chi connectivity index (χ1n) is 5.02. The van der Waals surface area contributed by atoms with Crippen LogP contribution in [0, 0.1) is 17.2 Å². The van der Waals surface area contributed by atoms with Gasteiger partial charge in [-0.25, -0.2) is 0 Å². The highest BCUT2D eigenvalue weighted by atomic mass is 79.9. The van der Waals surface area contributed by atoms with Crippen molar-refractivity contribution in [2.45, 2.75) is 13.3 Å². The molecule has 1 atom stereocenters. The van der Waals surface area contributed by atoms with E-state index in [-0.39, 0.29) is 5.92 Å². The van der Waals surface area contributed by atoms with Crippen molar-refractivity contribution in [2.24, 2.45) is 5.92 Å². The van der Waals surface area contributed by atoms with Crippen molar-refractivity contribution in [3.8, 4) is 17.5 Å². The van der Waals surface area contributed by atoms with Gasteiger partial charge in [0, 0.05) is 28.9 Å². The summed E-state index contributed by atoms with van der Waals surface area (Å²) in [6.45, 7) is 1.81. The number of halogens is 1. The van der Waals surface area contributed by atoms with Crippen LogP contribution in [-0.4, -0.2) is 15.1 Å². The zero-order valence-corrected chi connectivity index (χ0v) is 10.7. The molecule has 0 fully saturated rings. The van der Waals surface area contributed by atoms with E-state index in [1.54, 1.807) is 12.4 Å². The maximum atomic E-state index is 8.70. The third kappa shape index (κ3) is 2.88. The van der Waals surface area contributed by atoms with Gasteiger partial charge in [0.2, 0.25) is 11.7 Å². The fraction of sp³-hybridized carbons (Fsp3) is 0.273. The van der Waals surface area contributed by atoms with Crippen LogP contribution in [0.25, 0.3) is 11.4 Å². The van der Waals surface area contributed by atoms with Crippen molar-refractivity contribution in [3.05, 3.63) is 28.8 Å². The lowest BCUT2D eigenvalue weighted by atomic mass is 10.1. The number of rotatable bonds is 3. The van der Waals surface area contributed by atoms with E-state index in [4.69, 9.17) is 9.78 Å². The molecule has 0 saturated heterocycles. The molecule has 0 spiro atoms. The number of nitriles is 1. The molecule has 0 amide bonds. The molecule has 0 saturated carbocycles. The van der Waals surface area contributed by atoms with Crippen LogP contribution in [-0.2, 0) is 6.42 Å². The number of aromatic nitrogens is 3. The first kappa shape index (κ1) is 11.7. The summed E-state index contributed by atoms with van der Waals surface area (Å²) in [6.07, 6.45) is 3.81. The Morgan fingerprint density at radius 3 is 3.06 bits per heavy atom. The van der Waals surface area contributed by atoms with E-state index in [1.165, 1.54) is 0 Å². The lowest BCUT2D eigenvalue weighted by Crippen LogP contribution is -1.96. The molecule has 6 heteroatoms. The van der Waals surface area contributed by atoms with Gasteiger partial charge in [0.25, 0.3) is 0 Å². The third-order valence-corrected chi connectivity index (χ3v) is 2.57. The summed E-state index contributed by atoms with van der Waals surface area (Å²) in [6, 6.07) is 3.98. The molecule has 2 heterocycles. The number of pyridine rings is 1. The first-order chi connectivity index (χ1) is 8.19. The minimum Gasteiger partial charge on any atom is -0.339 e. The SMILES string of the molecule is CC(C#N)Cc1nc(-c2cncc(Br)c2)no1. The Balaban J connectivity index is 2.21. The van der Waals surface area contributed by atoms with Gasteiger partial charge in [-0.1, -0.05) is 5.16 Å². The lowest BCUT2D eigenvalue weighted by Gasteiger charge is -1.94. The Morgan fingerprint density at radius 2 is 2.35 bits per heavy atom. The predicted molar refractivity (Wildman–Crippen MR) is 63.7 cm³/mol. The number of nitrogens with zero attached hydrogens (tertiary/aromatic N) is 4. The Kier molecular flexibility index (Phi) is 3.49. The Hall–Kier alpha value is -1.74. The van der Waals surface area contributed by atoms with Crippen LogP contribution in [0.4, 0.5) is 0 Å². The molecule has 0 aliphatic heterocycles. The van der Waals surface area contributed by atoms with Gasteiger partial charge in [-0.3, -0.25) is 4.98 Å². The predicted octanol–water partition coefficient (Wildman–Crippen LogP) is 2.60. The molecule has 5 nitrogen and oxygen atoms in total. The Labute approximate surface area is 107 Å². The second-order valence-corrected chi connectivity index (χ2v) is 4.55. The van der Waals surface area contributed by atoms with Gasteiger partial charge in [0.05, 0.1) is 12.0 Å². The minimum atomic E-state index is -0.135. The monoisotopic (exact) mass is 292 g/mol. The van der Waals surface area contributed by atoms with E-state index in [1.807, 2.05) is 13.0 Å². The van der Waals surface area contributed by atoms with Crippen LogP contribution in [0.15, 0.2) is 27.5 Å². The topological polar surface area (TPSA) is 75.6 Å². The van der Waals surface area contributed by atoms with Gasteiger partial charge in [0.1, 0.15) is 0 Å². The van der Waals surface area contributed by atoms with Crippen molar-refractivity contribution >= 4 is 15.9 Å². The Morgan fingerprint density at radius 1 is 1.53 bits per heavy atom. The van der Waals surface area contributed by atoms with E-state index in [2.05, 4.69) is 37.1 Å². The van der Waals surface area contributed by atoms with Crippen LogP contribution < -0.4 is 0 Å². The Bertz CT molecular complexity index is 561. The van der Waals surface area contributed by atoms with Crippen LogP contribution >= 0.6 is 15.9 Å². The summed E-state index contributed by atoms with van der Waals surface area (Å²) in [4.78, 5) is 8.25. The average molecular weight is 293 g/mol. The van der Waals surface area contributed by atoms with Gasteiger partial charge in [-0.2, -0.15) is 10.2 Å². The van der Waals surface area contributed by atoms with Gasteiger partial charge >= 0.3 is 0 Å². The molecule has 1 unspecified atom stereocenters. The van der Waals surface area contributed by atoms with Crippen LogP contribution in [0.2, 0.25) is 0 Å². The third-order valence-electron chi connectivity index (χ3n) is 2.13. The van der Waals surface area contributed by atoms with Gasteiger partial charge in [0.15, 0.2) is 0 Å². The summed E-state index contributed by atoms with van der Waals surface area (Å²) in [7, 11) is 0. The summed E-state index contributed by atoms with van der Waals surface area (Å²) in [5, 5.41) is 12.6. The van der Waals surface area contributed by atoms with E-state index in [0.717, 1.165) is 10.0 Å². The van der Waals surface area contributed by atoms with Crippen molar-refractivity contribution in [2.75, 3.05) is 0 Å². The molecular formula is C11H9BrN4O. The highest BCUT2D eigenvalue weighted by molar-refractivity contribution is 9.10. The molecule has 86 valence electrons. The van der Waals surface area contributed by atoms with E-state index in [9.17, 15) is 0 Å². The van der Waals surface area contributed by atoms with Gasteiger partial charge in [-0.05, 0) is 28.9 Å². The molecule has 0 aliphatic rings. The van der Waals surface area contributed by atoms with Crippen molar-refractivity contribution < 1.29 is 4.52 Å². The van der Waals surface area contributed by atoms with Crippen molar-refractivity contribution in [1.29, 1.82) is 5.26 Å². The fourth-order valence-electron chi connectivity index (χ4n) is 1.30. The average Bonchev–Trinajstić information content (AvgIpc) is 2.77. The quantitative estimate of drug-likeness (QED) is 0.869. The van der Waals surface area contributed by atoms with Crippen LogP contribution in [0.1, 0.15) is 12.8 Å². The maximum Gasteiger partial charge on any atom is 0.228 e. The molecule has 2 aromatic rings. The molecule has 2 aromatic heterocycles. The van der Waals surface area contributed by atoms with Crippen LogP contribution in [0.3, 0.4) is 0 Å². The van der Waals surface area contributed by atoms with E-state index >= 15 is 0 Å². The second-order valence-electron chi connectivity index (χ2n) is 3.64. The van der Waals surface area contributed by atoms with Gasteiger partial charge in [-0.15, -0.1) is 0 Å². The lowest BCUT2D eigenvalue weighted by molar-refractivity contribution is 0.369. The molecule has 0 N–H and O–H groups in total. The molecule has 17 heavy (non-hydrogen) atoms. The minimum absolute atomic E-state index is 0.135. The highest BCUT2D eigenvalue weighted by Gasteiger charge is 2.12.